The first-order chi connectivity index (χ1) is 8.57. The maximum atomic E-state index is 11.3. The summed E-state index contributed by atoms with van der Waals surface area (Å²) in [5.41, 5.74) is 0.887. The average molecular weight is 272 g/mol. The Hall–Kier alpha value is -1.18. The Kier molecular flexibility index (Phi) is 4.15. The van der Waals surface area contributed by atoms with Crippen molar-refractivity contribution in [3.05, 3.63) is 24.2 Å². The number of aliphatic hydroxyl groups is 1. The number of aliphatic hydroxyl groups excluding tert-OH is 1. The Morgan fingerprint density at radius 2 is 2.39 bits per heavy atom. The summed E-state index contributed by atoms with van der Waals surface area (Å²) in [7, 11) is -3.09. The molecule has 0 amide bonds. The number of hydrogen-bond acceptors (Lipinski definition) is 6. The second kappa shape index (κ2) is 5.64. The summed E-state index contributed by atoms with van der Waals surface area (Å²) >= 11 is 0. The van der Waals surface area contributed by atoms with Crippen LogP contribution < -0.4 is 5.32 Å². The molecule has 1 fully saturated rings. The molecule has 1 aliphatic rings. The third kappa shape index (κ3) is 3.66. The molecule has 2 N–H and O–H groups in total. The Bertz CT molecular complexity index is 495. The van der Waals surface area contributed by atoms with Gasteiger partial charge in [0.1, 0.15) is 0 Å². The van der Waals surface area contributed by atoms with E-state index >= 15 is 0 Å². The van der Waals surface area contributed by atoms with Gasteiger partial charge in [-0.1, -0.05) is 0 Å². The van der Waals surface area contributed by atoms with Crippen LogP contribution in [-0.4, -0.2) is 56.5 Å². The molecule has 0 bridgehead atoms. The smallest absolute Gasteiger partial charge is 0.154 e. The van der Waals surface area contributed by atoms with E-state index in [0.29, 0.717) is 13.1 Å². The van der Waals surface area contributed by atoms with Crippen molar-refractivity contribution in [3.63, 3.8) is 0 Å². The topological polar surface area (TPSA) is 91.9 Å². The zero-order chi connectivity index (χ0) is 13.0. The lowest BCUT2D eigenvalue weighted by molar-refractivity contribution is 0.167. The molecule has 2 rings (SSSR count). The molecule has 2 heterocycles. The fraction of sp³-hybridized carbons (Fsp3) is 0.545. The van der Waals surface area contributed by atoms with Gasteiger partial charge in [-0.15, -0.1) is 0 Å². The van der Waals surface area contributed by atoms with Gasteiger partial charge in [-0.25, -0.2) is 8.42 Å². The van der Waals surface area contributed by atoms with Crippen LogP contribution in [0.2, 0.25) is 0 Å². The van der Waals surface area contributed by atoms with Gasteiger partial charge >= 0.3 is 0 Å². The van der Waals surface area contributed by atoms with Gasteiger partial charge in [-0.3, -0.25) is 4.99 Å². The predicted octanol–water partition coefficient (Wildman–Crippen LogP) is -0.554. The number of hydrogen-bond donors (Lipinski definition) is 2. The third-order valence-electron chi connectivity index (χ3n) is 2.75. The summed E-state index contributed by atoms with van der Waals surface area (Å²) in [6, 6.07) is 1.42. The van der Waals surface area contributed by atoms with Crippen LogP contribution in [-0.2, 0) is 9.84 Å². The van der Waals surface area contributed by atoms with Crippen molar-refractivity contribution in [1.82, 2.24) is 5.32 Å². The van der Waals surface area contributed by atoms with Gasteiger partial charge in [0.05, 0.1) is 36.7 Å². The second-order valence-corrected chi connectivity index (χ2v) is 6.45. The van der Waals surface area contributed by atoms with Gasteiger partial charge in [-0.05, 0) is 6.07 Å². The van der Waals surface area contributed by atoms with E-state index in [1.54, 1.807) is 24.8 Å². The predicted molar refractivity (Wildman–Crippen MR) is 67.6 cm³/mol. The first-order valence-electron chi connectivity index (χ1n) is 5.71. The zero-order valence-electron chi connectivity index (χ0n) is 9.82. The van der Waals surface area contributed by atoms with Crippen molar-refractivity contribution in [1.29, 1.82) is 0 Å². The fourth-order valence-corrected chi connectivity index (χ4v) is 3.63. The molecule has 0 radical (unpaired) electrons. The van der Waals surface area contributed by atoms with Crippen LogP contribution in [0.1, 0.15) is 5.56 Å². The van der Waals surface area contributed by atoms with E-state index in [-0.39, 0.29) is 17.5 Å². The van der Waals surface area contributed by atoms with E-state index < -0.39 is 15.9 Å². The van der Waals surface area contributed by atoms with Crippen molar-refractivity contribution in [2.75, 3.05) is 24.6 Å². The summed E-state index contributed by atoms with van der Waals surface area (Å²) in [4.78, 5) is 4.16. The zero-order valence-corrected chi connectivity index (χ0v) is 10.6. The van der Waals surface area contributed by atoms with E-state index in [9.17, 15) is 13.5 Å². The first-order valence-corrected chi connectivity index (χ1v) is 7.53. The van der Waals surface area contributed by atoms with Crippen LogP contribution >= 0.6 is 0 Å². The molecule has 1 aliphatic heterocycles. The summed E-state index contributed by atoms with van der Waals surface area (Å²) in [6.45, 7) is 1.06. The number of nitrogens with zero attached hydrogens (tertiary/aromatic N) is 1. The van der Waals surface area contributed by atoms with Crippen LogP contribution in [0.5, 0.6) is 0 Å². The largest absolute Gasteiger partial charge is 0.472 e. The molecule has 1 saturated heterocycles. The monoisotopic (exact) mass is 272 g/mol. The van der Waals surface area contributed by atoms with Gasteiger partial charge in [-0.2, -0.15) is 0 Å². The van der Waals surface area contributed by atoms with Crippen LogP contribution in [0.3, 0.4) is 0 Å². The van der Waals surface area contributed by atoms with Crippen LogP contribution in [0.4, 0.5) is 0 Å². The average Bonchev–Trinajstić information content (AvgIpc) is 2.86. The maximum Gasteiger partial charge on any atom is 0.154 e. The molecule has 1 aromatic heterocycles. The van der Waals surface area contributed by atoms with Crippen LogP contribution in [0.25, 0.3) is 0 Å². The Morgan fingerprint density at radius 1 is 1.56 bits per heavy atom. The highest BCUT2D eigenvalue weighted by Crippen LogP contribution is 2.11. The quantitative estimate of drug-likeness (QED) is 0.554. The Morgan fingerprint density at radius 3 is 3.00 bits per heavy atom. The first kappa shape index (κ1) is 13.3. The van der Waals surface area contributed by atoms with E-state index in [2.05, 4.69) is 10.3 Å². The molecule has 0 saturated carbocycles. The molecule has 100 valence electrons. The molecule has 0 spiro atoms. The van der Waals surface area contributed by atoms with Gasteiger partial charge < -0.3 is 14.8 Å². The van der Waals surface area contributed by atoms with Gasteiger partial charge in [0.2, 0.25) is 0 Å². The second-order valence-electron chi connectivity index (χ2n) is 4.30. The molecular formula is C11H16N2O4S. The number of sulfone groups is 1. The molecule has 0 aliphatic carbocycles. The molecule has 0 unspecified atom stereocenters. The minimum Gasteiger partial charge on any atom is -0.472 e. The standard InChI is InChI=1S/C11H16N2O4S/c14-11-8-18(15,16)7-10(11)13-3-2-12-5-9-1-4-17-6-9/h1,4-6,10-11,13-14H,2-3,7-8H2/t10-,11-/m0/s1. The van der Waals surface area contributed by atoms with Crippen molar-refractivity contribution in [2.24, 2.45) is 4.99 Å². The molecule has 18 heavy (non-hydrogen) atoms. The Labute approximate surface area is 106 Å². The normalized spacial score (nSPS) is 26.9. The highest BCUT2D eigenvalue weighted by atomic mass is 32.2. The summed E-state index contributed by atoms with van der Waals surface area (Å²) in [5.74, 6) is -0.150. The van der Waals surface area contributed by atoms with Crippen molar-refractivity contribution < 1.29 is 17.9 Å². The molecule has 1 aromatic rings. The van der Waals surface area contributed by atoms with Crippen LogP contribution in [0, 0.1) is 0 Å². The molecule has 7 heteroatoms. The molecule has 0 aromatic carbocycles. The highest BCUT2D eigenvalue weighted by Gasteiger charge is 2.35. The van der Waals surface area contributed by atoms with E-state index in [4.69, 9.17) is 4.42 Å². The van der Waals surface area contributed by atoms with Crippen molar-refractivity contribution in [2.45, 2.75) is 12.1 Å². The van der Waals surface area contributed by atoms with Crippen molar-refractivity contribution in [3.8, 4) is 0 Å². The Balaban J connectivity index is 1.70. The molecule has 2 atom stereocenters. The third-order valence-corrected chi connectivity index (χ3v) is 4.47. The van der Waals surface area contributed by atoms with Gasteiger partial charge in [0, 0.05) is 24.4 Å². The summed E-state index contributed by atoms with van der Waals surface area (Å²) in [6.07, 6.45) is 4.03. The maximum absolute atomic E-state index is 11.3. The van der Waals surface area contributed by atoms with Crippen LogP contribution in [0.15, 0.2) is 28.0 Å². The summed E-state index contributed by atoms with van der Waals surface area (Å²) in [5, 5.41) is 12.5. The van der Waals surface area contributed by atoms with E-state index in [0.717, 1.165) is 5.56 Å². The fourth-order valence-electron chi connectivity index (χ4n) is 1.86. The SMILES string of the molecule is O=S1(=O)C[C@H](NCCN=Cc2ccoc2)[C@@H](O)C1. The van der Waals surface area contributed by atoms with E-state index in [1.807, 2.05) is 0 Å². The lowest BCUT2D eigenvalue weighted by Crippen LogP contribution is -2.40. The number of rotatable bonds is 5. The number of nitrogens with one attached hydrogen (secondary N) is 1. The van der Waals surface area contributed by atoms with Crippen molar-refractivity contribution >= 4 is 16.1 Å². The highest BCUT2D eigenvalue weighted by molar-refractivity contribution is 7.91. The minimum absolute atomic E-state index is 0.000385. The summed E-state index contributed by atoms with van der Waals surface area (Å²) < 4.78 is 27.4. The molecule has 6 nitrogen and oxygen atoms in total. The lowest BCUT2D eigenvalue weighted by atomic mass is 10.2. The van der Waals surface area contributed by atoms with Gasteiger partial charge in [0.15, 0.2) is 9.84 Å². The number of aliphatic imine (C=N–C) groups is 1. The lowest BCUT2D eigenvalue weighted by Gasteiger charge is -2.13. The van der Waals surface area contributed by atoms with Gasteiger partial charge in [0.25, 0.3) is 0 Å². The van der Waals surface area contributed by atoms with E-state index in [1.165, 1.54) is 0 Å². The number of furan rings is 1. The minimum atomic E-state index is -3.09. The molecular weight excluding hydrogens is 256 g/mol.